The maximum absolute atomic E-state index is 13.6. The van der Waals surface area contributed by atoms with Gasteiger partial charge in [0.2, 0.25) is 10.0 Å². The van der Waals surface area contributed by atoms with Gasteiger partial charge >= 0.3 is 0 Å². The number of hydrazone groups is 1. The molecule has 1 amide bonds. The molecule has 0 saturated heterocycles. The molecule has 3 aromatic rings. The van der Waals surface area contributed by atoms with E-state index < -0.39 is 22.5 Å². The van der Waals surface area contributed by atoms with Crippen LogP contribution in [-0.2, 0) is 21.4 Å². The van der Waals surface area contributed by atoms with Gasteiger partial charge in [0.1, 0.15) is 16.4 Å². The van der Waals surface area contributed by atoms with E-state index in [1.807, 2.05) is 25.1 Å². The third-order valence-electron chi connectivity index (χ3n) is 5.05. The third-order valence-corrected chi connectivity index (χ3v) is 6.87. The number of amides is 1. The number of aryl methyl sites for hydroxylation is 1. The van der Waals surface area contributed by atoms with Crippen LogP contribution in [0.25, 0.3) is 0 Å². The Hall–Kier alpha value is -3.69. The maximum atomic E-state index is 13.6. The molecule has 35 heavy (non-hydrogen) atoms. The molecule has 0 atom stereocenters. The van der Waals surface area contributed by atoms with Crippen molar-refractivity contribution in [1.82, 2.24) is 9.73 Å². The van der Waals surface area contributed by atoms with E-state index >= 15 is 0 Å². The summed E-state index contributed by atoms with van der Waals surface area (Å²) in [6.07, 6.45) is 1.48. The second-order valence-corrected chi connectivity index (χ2v) is 9.61. The first-order chi connectivity index (χ1) is 16.8. The molecule has 9 heteroatoms. The van der Waals surface area contributed by atoms with Gasteiger partial charge in [-0.25, -0.2) is 13.8 Å². The molecular weight excluding hydrogens is 466 g/mol. The van der Waals surface area contributed by atoms with Crippen LogP contribution >= 0.6 is 0 Å². The van der Waals surface area contributed by atoms with E-state index in [2.05, 4.69) is 10.5 Å². The zero-order valence-corrected chi connectivity index (χ0v) is 20.8. The predicted octanol–water partition coefficient (Wildman–Crippen LogP) is 3.74. The molecule has 0 spiro atoms. The highest BCUT2D eigenvalue weighted by molar-refractivity contribution is 7.89. The van der Waals surface area contributed by atoms with Crippen LogP contribution in [0.4, 0.5) is 0 Å². The lowest BCUT2D eigenvalue weighted by molar-refractivity contribution is -0.121. The Morgan fingerprint density at radius 2 is 1.77 bits per heavy atom. The Morgan fingerprint density at radius 1 is 1.06 bits per heavy atom. The molecule has 3 aromatic carbocycles. The number of nitrogens with zero attached hydrogens (tertiary/aromatic N) is 2. The second-order valence-electron chi connectivity index (χ2n) is 7.71. The molecule has 0 saturated carbocycles. The first kappa shape index (κ1) is 25.9. The molecule has 0 fully saturated rings. The van der Waals surface area contributed by atoms with Crippen molar-refractivity contribution >= 4 is 22.1 Å². The summed E-state index contributed by atoms with van der Waals surface area (Å²) in [6, 6.07) is 21.2. The Kier molecular flexibility index (Phi) is 8.99. The van der Waals surface area contributed by atoms with Gasteiger partial charge in [-0.2, -0.15) is 9.41 Å². The quantitative estimate of drug-likeness (QED) is 0.323. The van der Waals surface area contributed by atoms with Gasteiger partial charge in [0, 0.05) is 6.54 Å². The Balaban J connectivity index is 1.79. The van der Waals surface area contributed by atoms with Gasteiger partial charge in [0.05, 0.1) is 26.5 Å². The first-order valence-electron chi connectivity index (χ1n) is 11.1. The van der Waals surface area contributed by atoms with Crippen LogP contribution in [0.5, 0.6) is 11.5 Å². The largest absolute Gasteiger partial charge is 0.495 e. The predicted molar refractivity (Wildman–Crippen MR) is 135 cm³/mol. The van der Waals surface area contributed by atoms with E-state index in [0.29, 0.717) is 6.61 Å². The highest BCUT2D eigenvalue weighted by Gasteiger charge is 2.30. The van der Waals surface area contributed by atoms with Crippen molar-refractivity contribution in [2.24, 2.45) is 5.10 Å². The molecular formula is C26H29N3O5S. The summed E-state index contributed by atoms with van der Waals surface area (Å²) < 4.78 is 39.0. The summed E-state index contributed by atoms with van der Waals surface area (Å²) in [6.45, 7) is 3.86. The SMILES string of the molecule is CCOc1ccc(C=NNC(=O)CN(Cc2ccccc2)S(=O)(=O)c2cc(C)ccc2OC)cc1. The zero-order valence-electron chi connectivity index (χ0n) is 20.0. The molecule has 0 aliphatic carbocycles. The molecule has 8 nitrogen and oxygen atoms in total. The second kappa shape index (κ2) is 12.1. The average molecular weight is 496 g/mol. The summed E-state index contributed by atoms with van der Waals surface area (Å²) in [7, 11) is -2.66. The van der Waals surface area contributed by atoms with Gasteiger partial charge in [-0.05, 0) is 66.9 Å². The standard InChI is InChI=1S/C26H29N3O5S/c1-4-34-23-13-11-21(12-14-23)17-27-28-26(30)19-29(18-22-8-6-5-7-9-22)35(31,32)25-16-20(2)10-15-24(25)33-3/h5-17H,4,18-19H2,1-3H3,(H,28,30). The van der Waals surface area contributed by atoms with E-state index in [9.17, 15) is 13.2 Å². The fourth-order valence-corrected chi connectivity index (χ4v) is 4.95. The van der Waals surface area contributed by atoms with Crippen LogP contribution in [-0.4, -0.2) is 45.1 Å². The van der Waals surface area contributed by atoms with Gasteiger partial charge in [-0.1, -0.05) is 36.4 Å². The summed E-state index contributed by atoms with van der Waals surface area (Å²) in [5, 5.41) is 3.97. The lowest BCUT2D eigenvalue weighted by Gasteiger charge is -2.23. The minimum absolute atomic E-state index is 0.00150. The minimum atomic E-state index is -4.07. The van der Waals surface area contributed by atoms with E-state index in [-0.39, 0.29) is 17.2 Å². The highest BCUT2D eigenvalue weighted by Crippen LogP contribution is 2.28. The van der Waals surface area contributed by atoms with Crippen molar-refractivity contribution < 1.29 is 22.7 Å². The third kappa shape index (κ3) is 7.14. The van der Waals surface area contributed by atoms with Gasteiger partial charge in [-0.3, -0.25) is 4.79 Å². The van der Waals surface area contributed by atoms with Gasteiger partial charge < -0.3 is 9.47 Å². The molecule has 0 aliphatic heterocycles. The van der Waals surface area contributed by atoms with Crippen LogP contribution in [0.15, 0.2) is 82.8 Å². The van der Waals surface area contributed by atoms with Crippen molar-refractivity contribution in [3.63, 3.8) is 0 Å². The number of methoxy groups -OCH3 is 1. The fourth-order valence-electron chi connectivity index (χ4n) is 3.33. The monoisotopic (exact) mass is 495 g/mol. The molecule has 0 heterocycles. The molecule has 1 N–H and O–H groups in total. The van der Waals surface area contributed by atoms with E-state index in [0.717, 1.165) is 26.7 Å². The maximum Gasteiger partial charge on any atom is 0.255 e. The smallest absolute Gasteiger partial charge is 0.255 e. The molecule has 0 aromatic heterocycles. The molecule has 0 radical (unpaired) electrons. The number of carbonyl (C=O) groups excluding carboxylic acids is 1. The van der Waals surface area contributed by atoms with E-state index in [1.54, 1.807) is 55.5 Å². The Morgan fingerprint density at radius 3 is 2.43 bits per heavy atom. The highest BCUT2D eigenvalue weighted by atomic mass is 32.2. The number of ether oxygens (including phenoxy) is 2. The molecule has 0 aliphatic rings. The molecule has 0 bridgehead atoms. The fraction of sp³-hybridized carbons (Fsp3) is 0.231. The van der Waals surface area contributed by atoms with Crippen molar-refractivity contribution in [3.05, 3.63) is 89.5 Å². The summed E-state index contributed by atoms with van der Waals surface area (Å²) in [5.74, 6) is 0.378. The number of hydrogen-bond donors (Lipinski definition) is 1. The number of hydrogen-bond acceptors (Lipinski definition) is 6. The zero-order chi connectivity index (χ0) is 25.3. The van der Waals surface area contributed by atoms with Gasteiger partial charge in [-0.15, -0.1) is 0 Å². The first-order valence-corrected chi connectivity index (χ1v) is 12.5. The lowest BCUT2D eigenvalue weighted by Crippen LogP contribution is -2.39. The molecule has 184 valence electrons. The number of sulfonamides is 1. The van der Waals surface area contributed by atoms with Crippen LogP contribution in [0.1, 0.15) is 23.6 Å². The Bertz CT molecular complexity index is 1260. The van der Waals surface area contributed by atoms with E-state index in [4.69, 9.17) is 9.47 Å². The van der Waals surface area contributed by atoms with Crippen LogP contribution in [0.2, 0.25) is 0 Å². The number of benzene rings is 3. The number of rotatable bonds is 11. The molecule has 0 unspecified atom stereocenters. The normalized spacial score (nSPS) is 11.5. The van der Waals surface area contributed by atoms with E-state index in [1.165, 1.54) is 19.4 Å². The minimum Gasteiger partial charge on any atom is -0.495 e. The van der Waals surface area contributed by atoms with Crippen LogP contribution in [0, 0.1) is 6.92 Å². The van der Waals surface area contributed by atoms with Crippen molar-refractivity contribution in [2.75, 3.05) is 20.3 Å². The van der Waals surface area contributed by atoms with Crippen molar-refractivity contribution in [1.29, 1.82) is 0 Å². The molecule has 3 rings (SSSR count). The van der Waals surface area contributed by atoms with Crippen LogP contribution in [0.3, 0.4) is 0 Å². The summed E-state index contributed by atoms with van der Waals surface area (Å²) in [5.41, 5.74) is 4.67. The Labute approximate surface area is 206 Å². The lowest BCUT2D eigenvalue weighted by atomic mass is 10.2. The van der Waals surface area contributed by atoms with Crippen molar-refractivity contribution in [2.45, 2.75) is 25.3 Å². The average Bonchev–Trinajstić information content (AvgIpc) is 2.85. The van der Waals surface area contributed by atoms with Gasteiger partial charge in [0.15, 0.2) is 0 Å². The van der Waals surface area contributed by atoms with Crippen LogP contribution < -0.4 is 14.9 Å². The topological polar surface area (TPSA) is 97.3 Å². The summed E-state index contributed by atoms with van der Waals surface area (Å²) >= 11 is 0. The number of nitrogens with one attached hydrogen (secondary N) is 1. The number of carbonyl (C=O) groups is 1. The summed E-state index contributed by atoms with van der Waals surface area (Å²) in [4.78, 5) is 12.7. The van der Waals surface area contributed by atoms with Crippen molar-refractivity contribution in [3.8, 4) is 11.5 Å². The van der Waals surface area contributed by atoms with Gasteiger partial charge in [0.25, 0.3) is 5.91 Å².